The minimum absolute atomic E-state index is 0.204. The zero-order valence-corrected chi connectivity index (χ0v) is 10.7. The predicted octanol–water partition coefficient (Wildman–Crippen LogP) is 3.43. The highest BCUT2D eigenvalue weighted by atomic mass is 32.2. The van der Waals surface area contributed by atoms with Gasteiger partial charge in [0.2, 0.25) is 0 Å². The Balaban J connectivity index is 2.51. The third-order valence-electron chi connectivity index (χ3n) is 3.60. The molecule has 2 heteroatoms. The molecule has 15 heavy (non-hydrogen) atoms. The SMILES string of the molecule is Cc1cc2c(cc1C)C(N)C(C)C(C)S2. The highest BCUT2D eigenvalue weighted by molar-refractivity contribution is 8.00. The lowest BCUT2D eigenvalue weighted by atomic mass is 9.90. The summed E-state index contributed by atoms with van der Waals surface area (Å²) < 4.78 is 0. The van der Waals surface area contributed by atoms with E-state index < -0.39 is 0 Å². The van der Waals surface area contributed by atoms with Gasteiger partial charge in [0.05, 0.1) is 0 Å². The molecule has 0 saturated heterocycles. The molecule has 1 aromatic carbocycles. The normalized spacial score (nSPS) is 30.1. The molecule has 1 aliphatic rings. The van der Waals surface area contributed by atoms with Gasteiger partial charge < -0.3 is 5.73 Å². The van der Waals surface area contributed by atoms with Crippen molar-refractivity contribution in [2.45, 2.75) is 43.9 Å². The largest absolute Gasteiger partial charge is 0.324 e. The van der Waals surface area contributed by atoms with E-state index in [2.05, 4.69) is 39.8 Å². The van der Waals surface area contributed by atoms with Crippen molar-refractivity contribution < 1.29 is 0 Å². The van der Waals surface area contributed by atoms with Gasteiger partial charge in [-0.1, -0.05) is 19.9 Å². The van der Waals surface area contributed by atoms with Crippen molar-refractivity contribution in [3.05, 3.63) is 28.8 Å². The molecular weight excluding hydrogens is 202 g/mol. The zero-order valence-electron chi connectivity index (χ0n) is 9.87. The number of nitrogens with two attached hydrogens (primary N) is 1. The van der Waals surface area contributed by atoms with Crippen LogP contribution in [-0.4, -0.2) is 5.25 Å². The van der Waals surface area contributed by atoms with E-state index in [0.29, 0.717) is 11.2 Å². The summed E-state index contributed by atoms with van der Waals surface area (Å²) >= 11 is 1.97. The molecule has 1 aliphatic heterocycles. The van der Waals surface area contributed by atoms with Crippen molar-refractivity contribution in [1.29, 1.82) is 0 Å². The number of hydrogen-bond acceptors (Lipinski definition) is 2. The van der Waals surface area contributed by atoms with Crippen LogP contribution in [0.1, 0.15) is 36.6 Å². The molecule has 82 valence electrons. The van der Waals surface area contributed by atoms with Crippen LogP contribution in [0, 0.1) is 19.8 Å². The summed E-state index contributed by atoms with van der Waals surface area (Å²) in [5.74, 6) is 0.560. The highest BCUT2D eigenvalue weighted by Crippen LogP contribution is 2.43. The fraction of sp³-hybridized carbons (Fsp3) is 0.538. The third kappa shape index (κ3) is 1.81. The third-order valence-corrected chi connectivity index (χ3v) is 5.01. The van der Waals surface area contributed by atoms with Crippen molar-refractivity contribution in [3.63, 3.8) is 0 Å². The summed E-state index contributed by atoms with van der Waals surface area (Å²) in [6.07, 6.45) is 0. The Hall–Kier alpha value is -0.470. The summed E-state index contributed by atoms with van der Waals surface area (Å²) in [4.78, 5) is 1.39. The molecule has 0 radical (unpaired) electrons. The van der Waals surface area contributed by atoms with Crippen molar-refractivity contribution in [3.8, 4) is 0 Å². The number of rotatable bonds is 0. The van der Waals surface area contributed by atoms with Crippen molar-refractivity contribution in [2.24, 2.45) is 11.7 Å². The average molecular weight is 221 g/mol. The molecule has 0 bridgehead atoms. The summed E-state index contributed by atoms with van der Waals surface area (Å²) in [5.41, 5.74) is 10.4. The van der Waals surface area contributed by atoms with Gasteiger partial charge in [0.25, 0.3) is 0 Å². The van der Waals surface area contributed by atoms with Gasteiger partial charge >= 0.3 is 0 Å². The number of thioether (sulfide) groups is 1. The monoisotopic (exact) mass is 221 g/mol. The van der Waals surface area contributed by atoms with Gasteiger partial charge in [-0.2, -0.15) is 0 Å². The Kier molecular flexibility index (Phi) is 2.82. The Morgan fingerprint density at radius 2 is 1.73 bits per heavy atom. The van der Waals surface area contributed by atoms with Crippen LogP contribution in [0.25, 0.3) is 0 Å². The van der Waals surface area contributed by atoms with Gasteiger partial charge in [0.1, 0.15) is 0 Å². The molecular formula is C13H19NS. The predicted molar refractivity (Wildman–Crippen MR) is 67.3 cm³/mol. The molecule has 2 N–H and O–H groups in total. The van der Waals surface area contributed by atoms with E-state index in [4.69, 9.17) is 5.73 Å². The first-order chi connectivity index (χ1) is 7.00. The number of benzene rings is 1. The lowest BCUT2D eigenvalue weighted by molar-refractivity contribution is 0.452. The van der Waals surface area contributed by atoms with Crippen LogP contribution in [-0.2, 0) is 0 Å². The highest BCUT2D eigenvalue weighted by Gasteiger charge is 2.29. The molecule has 0 spiro atoms. The van der Waals surface area contributed by atoms with Gasteiger partial charge in [-0.25, -0.2) is 0 Å². The van der Waals surface area contributed by atoms with Crippen molar-refractivity contribution in [2.75, 3.05) is 0 Å². The van der Waals surface area contributed by atoms with E-state index in [1.807, 2.05) is 11.8 Å². The fourth-order valence-corrected chi connectivity index (χ4v) is 3.42. The minimum Gasteiger partial charge on any atom is -0.324 e. The molecule has 1 aromatic rings. The lowest BCUT2D eigenvalue weighted by Crippen LogP contribution is -2.30. The maximum absolute atomic E-state index is 6.29. The van der Waals surface area contributed by atoms with Gasteiger partial charge in [-0.3, -0.25) is 0 Å². The number of fused-ring (bicyclic) bond motifs is 1. The van der Waals surface area contributed by atoms with Crippen molar-refractivity contribution in [1.82, 2.24) is 0 Å². The molecule has 0 aromatic heterocycles. The summed E-state index contributed by atoms with van der Waals surface area (Å²) in [5, 5.41) is 0.620. The van der Waals surface area contributed by atoms with Crippen LogP contribution in [0.5, 0.6) is 0 Å². The van der Waals surface area contributed by atoms with E-state index >= 15 is 0 Å². The lowest BCUT2D eigenvalue weighted by Gasteiger charge is -2.33. The standard InChI is InChI=1S/C13H19NS/c1-7-5-11-12(6-8(7)2)15-10(4)9(3)13(11)14/h5-6,9-10,13H,14H2,1-4H3. The second-order valence-corrected chi connectivity index (χ2v) is 6.10. The second-order valence-electron chi connectivity index (χ2n) is 4.68. The first-order valence-corrected chi connectivity index (χ1v) is 6.42. The summed E-state index contributed by atoms with van der Waals surface area (Å²) in [7, 11) is 0. The van der Waals surface area contributed by atoms with E-state index in [-0.39, 0.29) is 6.04 Å². The molecule has 0 saturated carbocycles. The smallest absolute Gasteiger partial charge is 0.0342 e. The van der Waals surface area contributed by atoms with Gasteiger partial charge in [-0.15, -0.1) is 11.8 Å². The molecule has 1 heterocycles. The Morgan fingerprint density at radius 3 is 2.40 bits per heavy atom. The fourth-order valence-electron chi connectivity index (χ4n) is 2.06. The van der Waals surface area contributed by atoms with E-state index in [1.165, 1.54) is 21.6 Å². The molecule has 0 amide bonds. The first kappa shape index (κ1) is 11.0. The maximum atomic E-state index is 6.29. The van der Waals surface area contributed by atoms with Crippen LogP contribution < -0.4 is 5.73 Å². The Bertz CT molecular complexity index is 386. The molecule has 0 fully saturated rings. The van der Waals surface area contributed by atoms with E-state index in [0.717, 1.165) is 0 Å². The average Bonchev–Trinajstić information content (AvgIpc) is 2.19. The molecule has 2 rings (SSSR count). The molecule has 0 aliphatic carbocycles. The van der Waals surface area contributed by atoms with Gasteiger partial charge in [0, 0.05) is 16.2 Å². The van der Waals surface area contributed by atoms with E-state index in [9.17, 15) is 0 Å². The number of hydrogen-bond donors (Lipinski definition) is 1. The first-order valence-electron chi connectivity index (χ1n) is 5.54. The second kappa shape index (κ2) is 3.84. The van der Waals surface area contributed by atoms with Gasteiger partial charge in [0.15, 0.2) is 0 Å². The number of aryl methyl sites for hydroxylation is 2. The summed E-state index contributed by atoms with van der Waals surface area (Å²) in [6.45, 7) is 8.86. The van der Waals surface area contributed by atoms with Gasteiger partial charge in [-0.05, 0) is 42.5 Å². The van der Waals surface area contributed by atoms with Crippen LogP contribution >= 0.6 is 11.8 Å². The van der Waals surface area contributed by atoms with Crippen LogP contribution in [0.3, 0.4) is 0 Å². The quantitative estimate of drug-likeness (QED) is 0.726. The Morgan fingerprint density at radius 1 is 1.13 bits per heavy atom. The minimum atomic E-state index is 0.204. The molecule has 3 unspecified atom stereocenters. The van der Waals surface area contributed by atoms with E-state index in [1.54, 1.807) is 0 Å². The maximum Gasteiger partial charge on any atom is 0.0342 e. The van der Waals surface area contributed by atoms with Crippen molar-refractivity contribution >= 4 is 11.8 Å². The van der Waals surface area contributed by atoms with Crippen LogP contribution in [0.4, 0.5) is 0 Å². The zero-order chi connectivity index (χ0) is 11.2. The topological polar surface area (TPSA) is 26.0 Å². The molecule has 3 atom stereocenters. The Labute approximate surface area is 96.4 Å². The van der Waals surface area contributed by atoms with Crippen LogP contribution in [0.15, 0.2) is 17.0 Å². The summed E-state index contributed by atoms with van der Waals surface area (Å²) in [6, 6.07) is 4.76. The van der Waals surface area contributed by atoms with Crippen LogP contribution in [0.2, 0.25) is 0 Å². The molecule has 1 nitrogen and oxygen atoms in total.